The average Bonchev–Trinajstić information content (AvgIpc) is 3.87. The summed E-state index contributed by atoms with van der Waals surface area (Å²) in [6.45, 7) is 48.7. The molecule has 7 aromatic rings. The van der Waals surface area contributed by atoms with E-state index in [1.165, 1.54) is 100 Å². The zero-order valence-electron chi connectivity index (χ0n) is 52.6. The smallest absolute Gasteiger partial charge is 0.00108 e. The topological polar surface area (TPSA) is 0 Å². The first-order chi connectivity index (χ1) is 37.9. The van der Waals surface area contributed by atoms with E-state index >= 15 is 0 Å². The van der Waals surface area contributed by atoms with Gasteiger partial charge in [0.25, 0.3) is 0 Å². The standard InChI is InChI=1S/C27H24.C24H32.C14H12.C3H6.5C2H6/c1-19-9-4-6-13-25(19)24-12-8-11-22(18-24)23-15-16-27(21(3)17-23)26-14-7-5-10-20(26)2;1-7-10-21(17-19(4)5)18-20(6)22-13-15-24(16-14-22)23(11-8-2)12-9-3;1-10-5-4-8-13-12-7-3-2-6-11(12)9-14(10)13;1-3-2;5*1-2/h4-18H,1-3H3;7-17,19-20H,2,18H2,1,3-6H3;2-8H,9H2,1H3;3H,1H2,2H3;5*1-2H3/b;10-7-,12-9?,21-17-,23-11+;;;;;;;. The maximum atomic E-state index is 3.80. The number of rotatable bonds is 11. The van der Waals surface area contributed by atoms with Crippen LogP contribution in [0, 0.1) is 33.6 Å². The monoisotopic (exact) mass is 1040 g/mol. The molecule has 0 nitrogen and oxygen atoms in total. The lowest BCUT2D eigenvalue weighted by atomic mass is 9.91. The predicted molar refractivity (Wildman–Crippen MR) is 359 cm³/mol. The molecule has 0 heterocycles. The minimum absolute atomic E-state index is 0.508. The molecular formula is C78H104. The van der Waals surface area contributed by atoms with Crippen LogP contribution in [-0.4, -0.2) is 0 Å². The minimum atomic E-state index is 0.508. The van der Waals surface area contributed by atoms with Crippen molar-refractivity contribution in [2.45, 2.75) is 157 Å². The zero-order chi connectivity index (χ0) is 59.0. The van der Waals surface area contributed by atoms with Crippen molar-refractivity contribution in [2.24, 2.45) is 5.92 Å². The minimum Gasteiger partial charge on any atom is -0.103 e. The van der Waals surface area contributed by atoms with E-state index in [-0.39, 0.29) is 0 Å². The molecule has 1 atom stereocenters. The van der Waals surface area contributed by atoms with Crippen LogP contribution in [0.3, 0.4) is 0 Å². The van der Waals surface area contributed by atoms with Gasteiger partial charge in [-0.3, -0.25) is 0 Å². The van der Waals surface area contributed by atoms with Gasteiger partial charge in [-0.2, -0.15) is 0 Å². The van der Waals surface area contributed by atoms with E-state index in [4.69, 9.17) is 0 Å². The molecule has 0 aliphatic heterocycles. The molecular weight excluding hydrogens is 937 g/mol. The van der Waals surface area contributed by atoms with Crippen molar-refractivity contribution in [1.82, 2.24) is 0 Å². The van der Waals surface area contributed by atoms with E-state index in [9.17, 15) is 0 Å². The molecule has 0 N–H and O–H groups in total. The zero-order valence-corrected chi connectivity index (χ0v) is 52.6. The third-order valence-electron chi connectivity index (χ3n) is 12.3. The van der Waals surface area contributed by atoms with Crippen LogP contribution >= 0.6 is 0 Å². The highest BCUT2D eigenvalue weighted by atomic mass is 14.2. The summed E-state index contributed by atoms with van der Waals surface area (Å²) in [6.07, 6.45) is 18.7. The molecule has 0 heteroatoms. The molecule has 78 heavy (non-hydrogen) atoms. The predicted octanol–water partition coefficient (Wildman–Crippen LogP) is 25.0. The number of aryl methyl sites for hydroxylation is 4. The highest BCUT2D eigenvalue weighted by Crippen LogP contribution is 2.38. The molecule has 0 saturated heterocycles. The molecule has 0 saturated carbocycles. The van der Waals surface area contributed by atoms with Crippen molar-refractivity contribution < 1.29 is 0 Å². The molecule has 1 aliphatic rings. The summed E-state index contributed by atoms with van der Waals surface area (Å²) in [5.41, 5.74) is 24.1. The lowest BCUT2D eigenvalue weighted by Gasteiger charge is -2.14. The quantitative estimate of drug-likeness (QED) is 0.0895. The fourth-order valence-electron chi connectivity index (χ4n) is 8.96. The van der Waals surface area contributed by atoms with Crippen LogP contribution in [0.5, 0.6) is 0 Å². The summed E-state index contributed by atoms with van der Waals surface area (Å²) < 4.78 is 0. The van der Waals surface area contributed by atoms with Crippen LogP contribution in [-0.2, 0) is 6.42 Å². The van der Waals surface area contributed by atoms with Crippen molar-refractivity contribution in [2.75, 3.05) is 0 Å². The molecule has 0 bridgehead atoms. The van der Waals surface area contributed by atoms with Gasteiger partial charge >= 0.3 is 0 Å². The summed E-state index contributed by atoms with van der Waals surface area (Å²) >= 11 is 0. The molecule has 0 amide bonds. The average molecular weight is 1040 g/mol. The lowest BCUT2D eigenvalue weighted by Crippen LogP contribution is -1.97. The Bertz CT molecular complexity index is 2870. The van der Waals surface area contributed by atoms with Gasteiger partial charge in [0.1, 0.15) is 0 Å². The maximum Gasteiger partial charge on any atom is -0.00108 e. The largest absolute Gasteiger partial charge is 0.103 e. The SMILES string of the molecule is C=C/C=C(\C=CC)c1ccc(C(C)CC(/C=C\C)=C\C(C)C)cc1.C=CC.CC.CC.CC.CC.CC.Cc1cccc2c1Cc1ccccc1-2.Cc1ccccc1-c1cccc(-c2ccc(-c3ccccc3C)c(C)c2)c1. The Hall–Kier alpha value is -7.02. The Morgan fingerprint density at radius 1 is 0.462 bits per heavy atom. The van der Waals surface area contributed by atoms with Crippen molar-refractivity contribution in [1.29, 1.82) is 0 Å². The van der Waals surface area contributed by atoms with Gasteiger partial charge in [-0.05, 0) is 174 Å². The van der Waals surface area contributed by atoms with Crippen molar-refractivity contribution in [3.8, 4) is 44.5 Å². The van der Waals surface area contributed by atoms with Gasteiger partial charge in [-0.25, -0.2) is 0 Å². The molecule has 7 aromatic carbocycles. The fourth-order valence-corrected chi connectivity index (χ4v) is 8.96. The third kappa shape index (κ3) is 22.9. The van der Waals surface area contributed by atoms with Crippen LogP contribution in [0.25, 0.3) is 50.1 Å². The highest BCUT2D eigenvalue weighted by molar-refractivity contribution is 5.80. The second-order valence-corrected chi connectivity index (χ2v) is 18.2. The number of allylic oxidation sites excluding steroid dienone is 10. The first kappa shape index (κ1) is 71.0. The highest BCUT2D eigenvalue weighted by Gasteiger charge is 2.18. The van der Waals surface area contributed by atoms with Crippen LogP contribution in [0.2, 0.25) is 0 Å². The number of fused-ring (bicyclic) bond motifs is 3. The van der Waals surface area contributed by atoms with Crippen molar-refractivity contribution in [3.05, 3.63) is 270 Å². The summed E-state index contributed by atoms with van der Waals surface area (Å²) in [5, 5.41) is 0. The van der Waals surface area contributed by atoms with Gasteiger partial charge in [-0.15, -0.1) is 6.58 Å². The molecule has 0 spiro atoms. The molecule has 416 valence electrons. The number of hydrogen-bond acceptors (Lipinski definition) is 0. The molecule has 1 unspecified atom stereocenters. The van der Waals surface area contributed by atoms with Gasteiger partial charge in [0.05, 0.1) is 0 Å². The van der Waals surface area contributed by atoms with Crippen LogP contribution in [0.15, 0.2) is 225 Å². The molecule has 8 rings (SSSR count). The molecule has 1 aliphatic carbocycles. The van der Waals surface area contributed by atoms with Crippen molar-refractivity contribution >= 4 is 5.57 Å². The first-order valence-corrected chi connectivity index (χ1v) is 29.4. The second kappa shape index (κ2) is 42.1. The third-order valence-corrected chi connectivity index (χ3v) is 12.3. The van der Waals surface area contributed by atoms with Crippen LogP contribution < -0.4 is 0 Å². The molecule has 0 aromatic heterocycles. The van der Waals surface area contributed by atoms with Crippen molar-refractivity contribution in [3.63, 3.8) is 0 Å². The van der Waals surface area contributed by atoms with E-state index < -0.39 is 0 Å². The van der Waals surface area contributed by atoms with Crippen LogP contribution in [0.4, 0.5) is 0 Å². The summed E-state index contributed by atoms with van der Waals surface area (Å²) in [5.74, 6) is 1.09. The van der Waals surface area contributed by atoms with E-state index in [2.05, 4.69) is 257 Å². The van der Waals surface area contributed by atoms with Gasteiger partial charge in [0.2, 0.25) is 0 Å². The van der Waals surface area contributed by atoms with Crippen LogP contribution in [0.1, 0.15) is 168 Å². The normalized spacial score (nSPS) is 11.0. The summed E-state index contributed by atoms with van der Waals surface area (Å²) in [4.78, 5) is 0. The molecule has 0 radical (unpaired) electrons. The summed E-state index contributed by atoms with van der Waals surface area (Å²) in [6, 6.07) is 57.0. The lowest BCUT2D eigenvalue weighted by molar-refractivity contribution is 0.742. The Kier molecular flexibility index (Phi) is 38.3. The fraction of sp³-hybridized carbons (Fsp3) is 0.308. The Morgan fingerprint density at radius 3 is 1.47 bits per heavy atom. The Labute approximate surface area is 480 Å². The van der Waals surface area contributed by atoms with E-state index in [0.717, 1.165) is 12.8 Å². The molecule has 0 fully saturated rings. The van der Waals surface area contributed by atoms with Gasteiger partial charge in [-0.1, -0.05) is 302 Å². The van der Waals surface area contributed by atoms with E-state index in [1.807, 2.05) is 95.2 Å². The summed E-state index contributed by atoms with van der Waals surface area (Å²) in [7, 11) is 0. The second-order valence-electron chi connectivity index (χ2n) is 18.2. The van der Waals surface area contributed by atoms with E-state index in [1.54, 1.807) is 6.08 Å². The van der Waals surface area contributed by atoms with Gasteiger partial charge in [0, 0.05) is 0 Å². The Balaban J connectivity index is 0.00000106. The van der Waals surface area contributed by atoms with Gasteiger partial charge < -0.3 is 0 Å². The first-order valence-electron chi connectivity index (χ1n) is 29.4. The maximum absolute atomic E-state index is 3.80. The Morgan fingerprint density at radius 2 is 0.936 bits per heavy atom. The number of benzene rings is 7. The number of hydrogen-bond donors (Lipinski definition) is 0. The van der Waals surface area contributed by atoms with Gasteiger partial charge in [0.15, 0.2) is 0 Å². The van der Waals surface area contributed by atoms with E-state index in [0.29, 0.717) is 11.8 Å².